The zero-order chi connectivity index (χ0) is 13.0. The fraction of sp³-hybridized carbons (Fsp3) is 0.214. The van der Waals surface area contributed by atoms with Crippen molar-refractivity contribution < 1.29 is 13.9 Å². The lowest BCUT2D eigenvalue weighted by molar-refractivity contribution is 0.0935. The van der Waals surface area contributed by atoms with Gasteiger partial charge in [0.2, 0.25) is 0 Å². The number of carbonyl (C=O) groups excluding carboxylic acids is 1. The summed E-state index contributed by atoms with van der Waals surface area (Å²) >= 11 is 0. The van der Waals surface area contributed by atoms with E-state index < -0.39 is 0 Å². The lowest BCUT2D eigenvalue weighted by Gasteiger charge is -2.11. The first-order valence-corrected chi connectivity index (χ1v) is 5.69. The number of nitrogens with one attached hydrogen (secondary N) is 1. The van der Waals surface area contributed by atoms with Gasteiger partial charge in [0.15, 0.2) is 0 Å². The maximum absolute atomic E-state index is 12.0. The predicted octanol–water partition coefficient (Wildman–Crippen LogP) is 2.78. The quantitative estimate of drug-likeness (QED) is 0.901. The molecule has 0 radical (unpaired) electrons. The molecule has 0 saturated carbocycles. The molecule has 0 aliphatic rings. The van der Waals surface area contributed by atoms with Crippen molar-refractivity contribution >= 4 is 5.91 Å². The van der Waals surface area contributed by atoms with Gasteiger partial charge in [0, 0.05) is 5.56 Å². The SMILES string of the molecule is COc1cccc(C(=O)N[C@@H](C)c2ccco2)c1. The summed E-state index contributed by atoms with van der Waals surface area (Å²) in [6.45, 7) is 1.87. The summed E-state index contributed by atoms with van der Waals surface area (Å²) in [4.78, 5) is 12.0. The monoisotopic (exact) mass is 245 g/mol. The molecule has 1 aromatic heterocycles. The molecule has 1 aromatic carbocycles. The summed E-state index contributed by atoms with van der Waals surface area (Å²) in [6, 6.07) is 10.5. The molecule has 18 heavy (non-hydrogen) atoms. The smallest absolute Gasteiger partial charge is 0.251 e. The van der Waals surface area contributed by atoms with E-state index >= 15 is 0 Å². The van der Waals surface area contributed by atoms with E-state index in [2.05, 4.69) is 5.32 Å². The zero-order valence-corrected chi connectivity index (χ0v) is 10.3. The highest BCUT2D eigenvalue weighted by atomic mass is 16.5. The van der Waals surface area contributed by atoms with Gasteiger partial charge in [-0.05, 0) is 37.3 Å². The number of hydrogen-bond acceptors (Lipinski definition) is 3. The molecule has 0 saturated heterocycles. The highest BCUT2D eigenvalue weighted by Crippen LogP contribution is 2.15. The second-order valence-electron chi connectivity index (χ2n) is 3.94. The van der Waals surface area contributed by atoms with Crippen LogP contribution in [0.4, 0.5) is 0 Å². The lowest BCUT2D eigenvalue weighted by atomic mass is 10.1. The molecule has 0 unspecified atom stereocenters. The number of furan rings is 1. The van der Waals surface area contributed by atoms with E-state index in [0.717, 1.165) is 5.76 Å². The van der Waals surface area contributed by atoms with Crippen molar-refractivity contribution in [2.45, 2.75) is 13.0 Å². The minimum atomic E-state index is -0.168. The summed E-state index contributed by atoms with van der Waals surface area (Å²) in [7, 11) is 1.57. The molecule has 94 valence electrons. The third-order valence-electron chi connectivity index (χ3n) is 2.65. The summed E-state index contributed by atoms with van der Waals surface area (Å²) in [5.74, 6) is 1.23. The number of ether oxygens (including phenoxy) is 1. The molecule has 0 bridgehead atoms. The third kappa shape index (κ3) is 2.71. The minimum Gasteiger partial charge on any atom is -0.497 e. The summed E-state index contributed by atoms with van der Waals surface area (Å²) < 4.78 is 10.3. The van der Waals surface area contributed by atoms with Crippen LogP contribution in [0.5, 0.6) is 5.75 Å². The summed E-state index contributed by atoms with van der Waals surface area (Å²) in [6.07, 6.45) is 1.59. The van der Waals surface area contributed by atoms with Gasteiger partial charge in [0.25, 0.3) is 5.91 Å². The summed E-state index contributed by atoms with van der Waals surface area (Å²) in [5.41, 5.74) is 0.563. The lowest BCUT2D eigenvalue weighted by Crippen LogP contribution is -2.26. The van der Waals surface area contributed by atoms with Gasteiger partial charge in [-0.15, -0.1) is 0 Å². The van der Waals surface area contributed by atoms with Crippen LogP contribution < -0.4 is 10.1 Å². The number of hydrogen-bond donors (Lipinski definition) is 1. The largest absolute Gasteiger partial charge is 0.497 e. The van der Waals surface area contributed by atoms with Crippen LogP contribution in [0.3, 0.4) is 0 Å². The second-order valence-corrected chi connectivity index (χ2v) is 3.94. The molecule has 1 N–H and O–H groups in total. The third-order valence-corrected chi connectivity index (χ3v) is 2.65. The van der Waals surface area contributed by atoms with Crippen molar-refractivity contribution in [1.29, 1.82) is 0 Å². The van der Waals surface area contributed by atoms with Crippen LogP contribution in [-0.2, 0) is 0 Å². The summed E-state index contributed by atoms with van der Waals surface area (Å²) in [5, 5.41) is 2.86. The Morgan fingerprint density at radius 2 is 2.17 bits per heavy atom. The molecule has 0 spiro atoms. The molecular formula is C14H15NO3. The van der Waals surface area contributed by atoms with E-state index in [-0.39, 0.29) is 11.9 Å². The Kier molecular flexibility index (Phi) is 3.67. The van der Waals surface area contributed by atoms with E-state index in [0.29, 0.717) is 11.3 Å². The van der Waals surface area contributed by atoms with Crippen molar-refractivity contribution in [2.75, 3.05) is 7.11 Å². The van der Waals surface area contributed by atoms with Crippen LogP contribution in [0.25, 0.3) is 0 Å². The van der Waals surface area contributed by atoms with Gasteiger partial charge >= 0.3 is 0 Å². The average Bonchev–Trinajstić information content (AvgIpc) is 2.92. The van der Waals surface area contributed by atoms with Gasteiger partial charge in [0.1, 0.15) is 11.5 Å². The first-order valence-electron chi connectivity index (χ1n) is 5.69. The maximum Gasteiger partial charge on any atom is 0.251 e. The second kappa shape index (κ2) is 5.40. The first kappa shape index (κ1) is 12.2. The van der Waals surface area contributed by atoms with Gasteiger partial charge in [-0.3, -0.25) is 4.79 Å². The van der Waals surface area contributed by atoms with Crippen LogP contribution >= 0.6 is 0 Å². The Labute approximate surface area is 106 Å². The number of amides is 1. The highest BCUT2D eigenvalue weighted by molar-refractivity contribution is 5.94. The first-order chi connectivity index (χ1) is 8.70. The van der Waals surface area contributed by atoms with Crippen LogP contribution in [0, 0.1) is 0 Å². The topological polar surface area (TPSA) is 51.5 Å². The molecule has 2 rings (SSSR count). The molecule has 0 aliphatic heterocycles. The molecule has 4 heteroatoms. The average molecular weight is 245 g/mol. The van der Waals surface area contributed by atoms with Crippen LogP contribution in [-0.4, -0.2) is 13.0 Å². The normalized spacial score (nSPS) is 11.9. The Balaban J connectivity index is 2.07. The molecule has 1 atom stereocenters. The van der Waals surface area contributed by atoms with E-state index in [9.17, 15) is 4.79 Å². The molecule has 2 aromatic rings. The Bertz CT molecular complexity index is 520. The Hall–Kier alpha value is -2.23. The Morgan fingerprint density at radius 3 is 2.83 bits per heavy atom. The van der Waals surface area contributed by atoms with Gasteiger partial charge in [-0.1, -0.05) is 6.07 Å². The molecule has 0 aliphatic carbocycles. The minimum absolute atomic E-state index is 0.155. The fourth-order valence-electron chi connectivity index (χ4n) is 1.65. The predicted molar refractivity (Wildman–Crippen MR) is 67.6 cm³/mol. The Morgan fingerprint density at radius 1 is 1.33 bits per heavy atom. The van der Waals surface area contributed by atoms with E-state index in [1.807, 2.05) is 13.0 Å². The zero-order valence-electron chi connectivity index (χ0n) is 10.3. The van der Waals surface area contributed by atoms with Crippen LogP contribution in [0.15, 0.2) is 47.1 Å². The van der Waals surface area contributed by atoms with E-state index in [1.54, 1.807) is 43.7 Å². The molecular weight excluding hydrogens is 230 g/mol. The molecule has 1 amide bonds. The maximum atomic E-state index is 12.0. The van der Waals surface area contributed by atoms with E-state index in [1.165, 1.54) is 0 Å². The van der Waals surface area contributed by atoms with Crippen molar-refractivity contribution in [1.82, 2.24) is 5.32 Å². The highest BCUT2D eigenvalue weighted by Gasteiger charge is 2.13. The van der Waals surface area contributed by atoms with Crippen molar-refractivity contribution in [3.05, 3.63) is 54.0 Å². The van der Waals surface area contributed by atoms with Gasteiger partial charge in [-0.2, -0.15) is 0 Å². The van der Waals surface area contributed by atoms with Crippen molar-refractivity contribution in [2.24, 2.45) is 0 Å². The van der Waals surface area contributed by atoms with Gasteiger partial charge in [-0.25, -0.2) is 0 Å². The number of carbonyl (C=O) groups is 1. The van der Waals surface area contributed by atoms with Crippen molar-refractivity contribution in [3.8, 4) is 5.75 Å². The molecule has 1 heterocycles. The molecule has 4 nitrogen and oxygen atoms in total. The van der Waals surface area contributed by atoms with Crippen LogP contribution in [0.2, 0.25) is 0 Å². The molecule has 0 fully saturated rings. The number of methoxy groups -OCH3 is 1. The van der Waals surface area contributed by atoms with Gasteiger partial charge in [0.05, 0.1) is 19.4 Å². The fourth-order valence-corrected chi connectivity index (χ4v) is 1.65. The van der Waals surface area contributed by atoms with Crippen molar-refractivity contribution in [3.63, 3.8) is 0 Å². The van der Waals surface area contributed by atoms with Gasteiger partial charge < -0.3 is 14.5 Å². The standard InChI is InChI=1S/C14H15NO3/c1-10(13-7-4-8-18-13)15-14(16)11-5-3-6-12(9-11)17-2/h3-10H,1-2H3,(H,15,16)/t10-/m0/s1. The number of benzene rings is 1. The van der Waals surface area contributed by atoms with E-state index in [4.69, 9.17) is 9.15 Å². The number of rotatable bonds is 4. The van der Waals surface area contributed by atoms with Crippen LogP contribution in [0.1, 0.15) is 29.1 Å².